The lowest BCUT2D eigenvalue weighted by molar-refractivity contribution is -0.129. The van der Waals surface area contributed by atoms with Crippen LogP contribution in [0, 0.1) is 23.2 Å². The molecule has 0 saturated heterocycles. The van der Waals surface area contributed by atoms with Gasteiger partial charge in [0.05, 0.1) is 0 Å². The summed E-state index contributed by atoms with van der Waals surface area (Å²) in [4.78, 5) is 12.2. The first-order valence-electron chi connectivity index (χ1n) is 7.96. The summed E-state index contributed by atoms with van der Waals surface area (Å²) >= 11 is 0. The van der Waals surface area contributed by atoms with Gasteiger partial charge in [0.15, 0.2) is 0 Å². The topological polar surface area (TPSA) is 29.1 Å². The van der Waals surface area contributed by atoms with Crippen molar-refractivity contribution in [3.8, 4) is 0 Å². The molecule has 0 heterocycles. The maximum absolute atomic E-state index is 12.2. The predicted molar refractivity (Wildman–Crippen MR) is 73.1 cm³/mol. The third-order valence-corrected chi connectivity index (χ3v) is 5.94. The minimum atomic E-state index is -0.0469. The molecule has 102 valence electrons. The first-order chi connectivity index (χ1) is 8.67. The molecule has 3 unspecified atom stereocenters. The van der Waals surface area contributed by atoms with E-state index in [0.717, 1.165) is 37.1 Å². The summed E-state index contributed by atoms with van der Waals surface area (Å²) in [6.07, 6.45) is 11.7. The molecule has 2 heteroatoms. The van der Waals surface area contributed by atoms with Gasteiger partial charge in [-0.15, -0.1) is 0 Å². The second kappa shape index (κ2) is 4.86. The van der Waals surface area contributed by atoms with E-state index in [1.54, 1.807) is 0 Å². The molecule has 3 aliphatic carbocycles. The smallest absolute Gasteiger partial charge is 0.225 e. The Bertz CT molecular complexity index is 319. The molecule has 0 aromatic carbocycles. The van der Waals surface area contributed by atoms with Gasteiger partial charge in [-0.2, -0.15) is 0 Å². The van der Waals surface area contributed by atoms with Crippen LogP contribution in [-0.2, 0) is 4.79 Å². The third kappa shape index (κ3) is 2.31. The molecule has 0 radical (unpaired) electrons. The van der Waals surface area contributed by atoms with Gasteiger partial charge in [-0.05, 0) is 56.3 Å². The molecular weight excluding hydrogens is 222 g/mol. The van der Waals surface area contributed by atoms with Crippen molar-refractivity contribution in [2.75, 3.05) is 6.54 Å². The lowest BCUT2D eigenvalue weighted by Crippen LogP contribution is -2.38. The van der Waals surface area contributed by atoms with Crippen LogP contribution in [0.1, 0.15) is 64.7 Å². The summed E-state index contributed by atoms with van der Waals surface area (Å²) in [6, 6.07) is 0. The van der Waals surface area contributed by atoms with Gasteiger partial charge < -0.3 is 5.32 Å². The van der Waals surface area contributed by atoms with Crippen molar-refractivity contribution in [3.05, 3.63) is 0 Å². The Morgan fingerprint density at radius 2 is 2.00 bits per heavy atom. The fourth-order valence-electron chi connectivity index (χ4n) is 4.70. The molecule has 3 atom stereocenters. The van der Waals surface area contributed by atoms with E-state index in [1.165, 1.54) is 44.9 Å². The molecule has 1 N–H and O–H groups in total. The predicted octanol–water partition coefficient (Wildman–Crippen LogP) is 3.51. The average Bonchev–Trinajstić information content (AvgIpc) is 3.05. The number of hydrogen-bond donors (Lipinski definition) is 1. The number of amides is 1. The fraction of sp³-hybridized carbons (Fsp3) is 0.938. The minimum Gasteiger partial charge on any atom is -0.356 e. The molecule has 2 bridgehead atoms. The summed E-state index contributed by atoms with van der Waals surface area (Å²) in [5.41, 5.74) is -0.0469. The summed E-state index contributed by atoms with van der Waals surface area (Å²) in [5, 5.41) is 3.21. The van der Waals surface area contributed by atoms with Crippen LogP contribution in [0.15, 0.2) is 0 Å². The van der Waals surface area contributed by atoms with Crippen molar-refractivity contribution in [3.63, 3.8) is 0 Å². The molecule has 3 saturated carbocycles. The molecule has 0 aliphatic heterocycles. The standard InChI is InChI=1S/C16H27NO/c1-16(7-2-3-8-16)15(18)17-9-6-14-11-12-4-5-13(14)10-12/h12-14H,2-11H2,1H3,(H,17,18). The quantitative estimate of drug-likeness (QED) is 0.811. The van der Waals surface area contributed by atoms with E-state index >= 15 is 0 Å². The Hall–Kier alpha value is -0.530. The molecule has 0 spiro atoms. The summed E-state index contributed by atoms with van der Waals surface area (Å²) in [7, 11) is 0. The highest BCUT2D eigenvalue weighted by atomic mass is 16.2. The van der Waals surface area contributed by atoms with Gasteiger partial charge in [-0.25, -0.2) is 0 Å². The van der Waals surface area contributed by atoms with Crippen molar-refractivity contribution >= 4 is 5.91 Å². The van der Waals surface area contributed by atoms with Crippen LogP contribution in [0.25, 0.3) is 0 Å². The summed E-state index contributed by atoms with van der Waals surface area (Å²) in [5.74, 6) is 3.26. The first kappa shape index (κ1) is 12.5. The number of fused-ring (bicyclic) bond motifs is 2. The van der Waals surface area contributed by atoms with Crippen LogP contribution < -0.4 is 5.32 Å². The van der Waals surface area contributed by atoms with Gasteiger partial charge in [-0.1, -0.05) is 26.2 Å². The van der Waals surface area contributed by atoms with Gasteiger partial charge >= 0.3 is 0 Å². The lowest BCUT2D eigenvalue weighted by atomic mass is 9.85. The second-order valence-corrected chi connectivity index (χ2v) is 7.25. The maximum Gasteiger partial charge on any atom is 0.225 e. The highest BCUT2D eigenvalue weighted by Gasteiger charge is 2.39. The number of rotatable bonds is 4. The molecule has 3 fully saturated rings. The molecule has 18 heavy (non-hydrogen) atoms. The molecule has 0 aromatic heterocycles. The van der Waals surface area contributed by atoms with Crippen LogP contribution in [0.5, 0.6) is 0 Å². The molecule has 0 aromatic rings. The van der Waals surface area contributed by atoms with E-state index in [1.807, 2.05) is 0 Å². The van der Waals surface area contributed by atoms with Gasteiger partial charge in [0.2, 0.25) is 5.91 Å². The monoisotopic (exact) mass is 249 g/mol. The molecule has 3 aliphatic rings. The van der Waals surface area contributed by atoms with Crippen molar-refractivity contribution in [2.24, 2.45) is 23.2 Å². The largest absolute Gasteiger partial charge is 0.356 e. The van der Waals surface area contributed by atoms with E-state index < -0.39 is 0 Å². The van der Waals surface area contributed by atoms with Crippen LogP contribution in [-0.4, -0.2) is 12.5 Å². The lowest BCUT2D eigenvalue weighted by Gasteiger charge is -2.25. The van der Waals surface area contributed by atoms with E-state index in [-0.39, 0.29) is 5.41 Å². The maximum atomic E-state index is 12.2. The highest BCUT2D eigenvalue weighted by Crippen LogP contribution is 2.49. The van der Waals surface area contributed by atoms with Crippen LogP contribution in [0.2, 0.25) is 0 Å². The zero-order chi connectivity index (χ0) is 12.6. The molecular formula is C16H27NO. The van der Waals surface area contributed by atoms with Crippen LogP contribution in [0.4, 0.5) is 0 Å². The van der Waals surface area contributed by atoms with Gasteiger partial charge in [0.1, 0.15) is 0 Å². The second-order valence-electron chi connectivity index (χ2n) is 7.25. The normalized spacial score (nSPS) is 37.1. The Kier molecular flexibility index (Phi) is 3.38. The zero-order valence-corrected chi connectivity index (χ0v) is 11.7. The highest BCUT2D eigenvalue weighted by molar-refractivity contribution is 5.82. The number of carbonyl (C=O) groups excluding carboxylic acids is 1. The van der Waals surface area contributed by atoms with E-state index in [0.29, 0.717) is 5.91 Å². The molecule has 2 nitrogen and oxygen atoms in total. The Morgan fingerprint density at radius 3 is 2.61 bits per heavy atom. The van der Waals surface area contributed by atoms with Gasteiger partial charge in [0, 0.05) is 12.0 Å². The third-order valence-electron chi connectivity index (χ3n) is 5.94. The molecule has 3 rings (SSSR count). The summed E-state index contributed by atoms with van der Waals surface area (Å²) in [6.45, 7) is 3.06. The Balaban J connectivity index is 1.41. The van der Waals surface area contributed by atoms with Gasteiger partial charge in [-0.3, -0.25) is 4.79 Å². The SMILES string of the molecule is CC1(C(=O)NCCC2CC3CCC2C3)CCCC1. The zero-order valence-electron chi connectivity index (χ0n) is 11.7. The number of nitrogens with one attached hydrogen (secondary N) is 1. The number of hydrogen-bond acceptors (Lipinski definition) is 1. The van der Waals surface area contributed by atoms with E-state index in [9.17, 15) is 4.79 Å². The minimum absolute atomic E-state index is 0.0469. The fourth-order valence-corrected chi connectivity index (χ4v) is 4.70. The average molecular weight is 249 g/mol. The van der Waals surface area contributed by atoms with Crippen molar-refractivity contribution in [2.45, 2.75) is 64.7 Å². The Morgan fingerprint density at radius 1 is 1.22 bits per heavy atom. The first-order valence-corrected chi connectivity index (χ1v) is 7.96. The van der Waals surface area contributed by atoms with Crippen LogP contribution >= 0.6 is 0 Å². The van der Waals surface area contributed by atoms with E-state index in [2.05, 4.69) is 12.2 Å². The van der Waals surface area contributed by atoms with E-state index in [4.69, 9.17) is 0 Å². The number of carbonyl (C=O) groups is 1. The summed E-state index contributed by atoms with van der Waals surface area (Å²) < 4.78 is 0. The van der Waals surface area contributed by atoms with Crippen molar-refractivity contribution < 1.29 is 4.79 Å². The van der Waals surface area contributed by atoms with Crippen molar-refractivity contribution in [1.29, 1.82) is 0 Å². The Labute approximate surface area is 111 Å². The van der Waals surface area contributed by atoms with Gasteiger partial charge in [0.25, 0.3) is 0 Å². The van der Waals surface area contributed by atoms with Crippen LogP contribution in [0.3, 0.4) is 0 Å². The van der Waals surface area contributed by atoms with Crippen molar-refractivity contribution in [1.82, 2.24) is 5.32 Å². The molecule has 1 amide bonds.